The highest BCUT2D eigenvalue weighted by Gasteiger charge is 2.27. The second-order valence-electron chi connectivity index (χ2n) is 7.56. The Kier molecular flexibility index (Phi) is 6.27. The predicted octanol–water partition coefficient (Wildman–Crippen LogP) is 3.84. The van der Waals surface area contributed by atoms with Crippen LogP contribution >= 0.6 is 0 Å². The molecular weight excluding hydrogens is 357 g/mol. The number of aromatic nitrogens is 1. The lowest BCUT2D eigenvalue weighted by Gasteiger charge is -2.34. The monoisotopic (exact) mass is 385 g/mol. The summed E-state index contributed by atoms with van der Waals surface area (Å²) in [6.07, 6.45) is 3.21. The summed E-state index contributed by atoms with van der Waals surface area (Å²) in [7, 11) is 0. The van der Waals surface area contributed by atoms with Gasteiger partial charge >= 0.3 is 0 Å². The number of carbonyl (C=O) groups excluding carboxylic acids is 2. The SMILES string of the molecule is CCC(CC)C(=O)N1CCC(NC(=O)c2cc(C)nc3cc(F)ccc23)CC1. The molecule has 0 saturated carbocycles. The first-order valence-corrected chi connectivity index (χ1v) is 10.1. The van der Waals surface area contributed by atoms with E-state index in [1.165, 1.54) is 12.1 Å². The molecule has 0 bridgehead atoms. The summed E-state index contributed by atoms with van der Waals surface area (Å²) in [4.78, 5) is 31.6. The number of likely N-dealkylation sites (tertiary alicyclic amines) is 1. The van der Waals surface area contributed by atoms with E-state index in [1.54, 1.807) is 19.1 Å². The van der Waals surface area contributed by atoms with Crippen LogP contribution in [-0.2, 0) is 4.79 Å². The average Bonchev–Trinajstić information content (AvgIpc) is 2.68. The van der Waals surface area contributed by atoms with Gasteiger partial charge in [-0.15, -0.1) is 0 Å². The van der Waals surface area contributed by atoms with Crippen molar-refractivity contribution < 1.29 is 14.0 Å². The van der Waals surface area contributed by atoms with Crippen molar-refractivity contribution in [1.29, 1.82) is 0 Å². The Labute approximate surface area is 165 Å². The number of nitrogens with zero attached hydrogens (tertiary/aromatic N) is 2. The van der Waals surface area contributed by atoms with E-state index in [0.29, 0.717) is 35.2 Å². The molecular formula is C22H28FN3O2. The fraction of sp³-hybridized carbons (Fsp3) is 0.500. The molecule has 1 saturated heterocycles. The fourth-order valence-corrected chi connectivity index (χ4v) is 3.93. The van der Waals surface area contributed by atoms with Gasteiger partial charge in [-0.2, -0.15) is 0 Å². The van der Waals surface area contributed by atoms with E-state index >= 15 is 0 Å². The van der Waals surface area contributed by atoms with Gasteiger partial charge in [0.05, 0.1) is 11.1 Å². The zero-order chi connectivity index (χ0) is 20.3. The average molecular weight is 385 g/mol. The number of aryl methyl sites for hydroxylation is 1. The summed E-state index contributed by atoms with van der Waals surface area (Å²) in [6, 6.07) is 6.06. The minimum atomic E-state index is -0.369. The molecule has 2 aromatic rings. The van der Waals surface area contributed by atoms with Crippen LogP contribution in [0.1, 0.15) is 55.6 Å². The number of carbonyl (C=O) groups is 2. The van der Waals surface area contributed by atoms with Crippen LogP contribution in [0.15, 0.2) is 24.3 Å². The van der Waals surface area contributed by atoms with Gasteiger partial charge in [0.1, 0.15) is 5.82 Å². The molecule has 1 fully saturated rings. The lowest BCUT2D eigenvalue weighted by molar-refractivity contribution is -0.136. The number of nitrogens with one attached hydrogen (secondary N) is 1. The van der Waals surface area contributed by atoms with Crippen molar-refractivity contribution in [3.63, 3.8) is 0 Å². The zero-order valence-corrected chi connectivity index (χ0v) is 16.8. The third kappa shape index (κ3) is 4.32. The largest absolute Gasteiger partial charge is 0.349 e. The van der Waals surface area contributed by atoms with Crippen molar-refractivity contribution in [2.75, 3.05) is 13.1 Å². The maximum atomic E-state index is 13.5. The number of benzene rings is 1. The van der Waals surface area contributed by atoms with Gasteiger partial charge in [-0.25, -0.2) is 4.39 Å². The molecule has 3 rings (SSSR count). The molecule has 6 heteroatoms. The molecule has 2 heterocycles. The van der Waals surface area contributed by atoms with E-state index in [-0.39, 0.29) is 29.6 Å². The smallest absolute Gasteiger partial charge is 0.252 e. The van der Waals surface area contributed by atoms with Crippen molar-refractivity contribution >= 4 is 22.7 Å². The molecule has 1 aromatic carbocycles. The first-order valence-electron chi connectivity index (χ1n) is 10.1. The Morgan fingerprint density at radius 1 is 1.21 bits per heavy atom. The fourth-order valence-electron chi connectivity index (χ4n) is 3.93. The van der Waals surface area contributed by atoms with E-state index in [4.69, 9.17) is 0 Å². The maximum absolute atomic E-state index is 13.5. The Hall–Kier alpha value is -2.50. The summed E-state index contributed by atoms with van der Waals surface area (Å²) < 4.78 is 13.5. The lowest BCUT2D eigenvalue weighted by Crippen LogP contribution is -2.48. The van der Waals surface area contributed by atoms with Crippen molar-refractivity contribution in [3.8, 4) is 0 Å². The normalized spacial score (nSPS) is 15.2. The second kappa shape index (κ2) is 8.67. The third-order valence-electron chi connectivity index (χ3n) is 5.62. The highest BCUT2D eigenvalue weighted by Crippen LogP contribution is 2.21. The van der Waals surface area contributed by atoms with Gasteiger partial charge < -0.3 is 10.2 Å². The van der Waals surface area contributed by atoms with Crippen molar-refractivity contribution in [3.05, 3.63) is 41.3 Å². The minimum Gasteiger partial charge on any atom is -0.349 e. The van der Waals surface area contributed by atoms with Crippen LogP contribution in [0.25, 0.3) is 10.9 Å². The summed E-state index contributed by atoms with van der Waals surface area (Å²) >= 11 is 0. The van der Waals surface area contributed by atoms with Crippen molar-refractivity contribution in [1.82, 2.24) is 15.2 Å². The van der Waals surface area contributed by atoms with Crippen LogP contribution in [-0.4, -0.2) is 40.8 Å². The number of hydrogen-bond acceptors (Lipinski definition) is 3. The van der Waals surface area contributed by atoms with Crippen LogP contribution in [0.5, 0.6) is 0 Å². The second-order valence-corrected chi connectivity index (χ2v) is 7.56. The summed E-state index contributed by atoms with van der Waals surface area (Å²) in [5, 5.41) is 3.73. The van der Waals surface area contributed by atoms with Crippen LogP contribution in [0, 0.1) is 18.7 Å². The number of fused-ring (bicyclic) bond motifs is 1. The maximum Gasteiger partial charge on any atom is 0.252 e. The first-order chi connectivity index (χ1) is 13.4. The Balaban J connectivity index is 1.67. The molecule has 0 atom stereocenters. The highest BCUT2D eigenvalue weighted by molar-refractivity contribution is 6.06. The van der Waals surface area contributed by atoms with Gasteiger partial charge in [0.2, 0.25) is 5.91 Å². The molecule has 1 aliphatic heterocycles. The van der Waals surface area contributed by atoms with Crippen molar-refractivity contribution in [2.24, 2.45) is 5.92 Å². The van der Waals surface area contributed by atoms with E-state index in [1.807, 2.05) is 18.7 Å². The van der Waals surface area contributed by atoms with E-state index in [9.17, 15) is 14.0 Å². The van der Waals surface area contributed by atoms with Crippen LogP contribution in [0.4, 0.5) is 4.39 Å². The van der Waals surface area contributed by atoms with Gasteiger partial charge in [-0.3, -0.25) is 14.6 Å². The third-order valence-corrected chi connectivity index (χ3v) is 5.62. The van der Waals surface area contributed by atoms with Crippen LogP contribution in [0.2, 0.25) is 0 Å². The topological polar surface area (TPSA) is 62.3 Å². The molecule has 0 unspecified atom stereocenters. The lowest BCUT2D eigenvalue weighted by atomic mass is 9.98. The van der Waals surface area contributed by atoms with Crippen molar-refractivity contribution in [2.45, 2.75) is 52.5 Å². The molecule has 1 aromatic heterocycles. The standard InChI is InChI=1S/C22H28FN3O2/c1-4-15(5-2)22(28)26-10-8-17(9-11-26)25-21(27)19-12-14(3)24-20-13-16(23)6-7-18(19)20/h6-7,12-13,15,17H,4-5,8-11H2,1-3H3,(H,25,27). The molecule has 1 aliphatic rings. The molecule has 0 radical (unpaired) electrons. The zero-order valence-electron chi connectivity index (χ0n) is 16.8. The molecule has 0 aliphatic carbocycles. The molecule has 1 N–H and O–H groups in total. The van der Waals surface area contributed by atoms with E-state index in [0.717, 1.165) is 25.7 Å². The highest BCUT2D eigenvalue weighted by atomic mass is 19.1. The molecule has 150 valence electrons. The van der Waals surface area contributed by atoms with E-state index in [2.05, 4.69) is 10.3 Å². The number of halogens is 1. The van der Waals surface area contributed by atoms with Gasteiger partial charge in [0, 0.05) is 42.2 Å². The van der Waals surface area contributed by atoms with E-state index < -0.39 is 0 Å². The Bertz CT molecular complexity index is 866. The predicted molar refractivity (Wildman–Crippen MR) is 108 cm³/mol. The van der Waals surface area contributed by atoms with Gasteiger partial charge in [0.25, 0.3) is 5.91 Å². The molecule has 2 amide bonds. The number of amides is 2. The van der Waals surface area contributed by atoms with Crippen LogP contribution in [0.3, 0.4) is 0 Å². The van der Waals surface area contributed by atoms with Gasteiger partial charge in [-0.05, 0) is 50.8 Å². The Morgan fingerprint density at radius 3 is 2.54 bits per heavy atom. The summed E-state index contributed by atoms with van der Waals surface area (Å²) in [6.45, 7) is 7.23. The number of hydrogen-bond donors (Lipinski definition) is 1. The van der Waals surface area contributed by atoms with Gasteiger partial charge in [-0.1, -0.05) is 13.8 Å². The molecule has 28 heavy (non-hydrogen) atoms. The number of piperidine rings is 1. The molecule has 5 nitrogen and oxygen atoms in total. The number of pyridine rings is 1. The Morgan fingerprint density at radius 2 is 1.89 bits per heavy atom. The van der Waals surface area contributed by atoms with Gasteiger partial charge in [0.15, 0.2) is 0 Å². The quantitative estimate of drug-likeness (QED) is 0.851. The minimum absolute atomic E-state index is 0.0298. The summed E-state index contributed by atoms with van der Waals surface area (Å²) in [5.74, 6) is -0.219. The van der Waals surface area contributed by atoms with Crippen LogP contribution < -0.4 is 5.32 Å². The number of rotatable bonds is 5. The summed E-state index contributed by atoms with van der Waals surface area (Å²) in [5.41, 5.74) is 1.67. The first kappa shape index (κ1) is 20.2. The molecule has 0 spiro atoms.